The molecule has 1 aromatic carbocycles. The largest absolute Gasteiger partial charge is 0.458 e. The van der Waals surface area contributed by atoms with Crippen molar-refractivity contribution >= 4 is 11.8 Å². The third-order valence-corrected chi connectivity index (χ3v) is 5.34. The number of hydrogen-bond donors (Lipinski definition) is 0. The van der Waals surface area contributed by atoms with Crippen LogP contribution in [0.2, 0.25) is 0 Å². The molecule has 2 fully saturated rings. The Labute approximate surface area is 125 Å². The minimum atomic E-state index is -0.272. The quantitative estimate of drug-likeness (QED) is 0.782. The maximum atomic E-state index is 12.2. The molecular formula is C18H22O3. The standard InChI is InChI=1S/C18H22O3/c1-11-8-9-15(19)17-12(2)16(10-14(11)17)21-18(20)13-6-4-3-5-7-13/h3-7,11-12,14,16-17H,8-10H2,1-2H3/t11-,12-,14-,16+,17+/m0/s1. The fourth-order valence-electron chi connectivity index (χ4n) is 4.05. The summed E-state index contributed by atoms with van der Waals surface area (Å²) in [6, 6.07) is 9.08. The Bertz CT molecular complexity index is 537. The molecule has 112 valence electrons. The molecule has 3 heteroatoms. The van der Waals surface area contributed by atoms with Crippen LogP contribution in [0, 0.1) is 23.7 Å². The number of ether oxygens (including phenoxy) is 1. The molecule has 0 heterocycles. The van der Waals surface area contributed by atoms with Crippen molar-refractivity contribution in [2.24, 2.45) is 23.7 Å². The van der Waals surface area contributed by atoms with Crippen LogP contribution in [0.15, 0.2) is 30.3 Å². The Kier molecular flexibility index (Phi) is 3.83. The molecule has 5 atom stereocenters. The Morgan fingerprint density at radius 3 is 2.57 bits per heavy atom. The SMILES string of the molecule is C[C@@H]1[C@H]2C(=O)CC[C@H](C)[C@@H]2C[C@H]1OC(=O)c1ccccc1. The number of fused-ring (bicyclic) bond motifs is 1. The molecule has 1 aromatic rings. The second-order valence-corrected chi connectivity index (χ2v) is 6.58. The Morgan fingerprint density at radius 2 is 1.90 bits per heavy atom. The van der Waals surface area contributed by atoms with Crippen molar-refractivity contribution < 1.29 is 14.3 Å². The van der Waals surface area contributed by atoms with Gasteiger partial charge in [0, 0.05) is 18.3 Å². The second kappa shape index (κ2) is 5.63. The molecule has 0 radical (unpaired) electrons. The van der Waals surface area contributed by atoms with Crippen LogP contribution in [0.5, 0.6) is 0 Å². The number of ketones is 1. The van der Waals surface area contributed by atoms with E-state index in [2.05, 4.69) is 13.8 Å². The van der Waals surface area contributed by atoms with Crippen LogP contribution in [0.25, 0.3) is 0 Å². The first-order valence-electron chi connectivity index (χ1n) is 7.86. The van der Waals surface area contributed by atoms with Gasteiger partial charge in [0.15, 0.2) is 0 Å². The third kappa shape index (κ3) is 2.61. The maximum Gasteiger partial charge on any atom is 0.338 e. The Morgan fingerprint density at radius 1 is 1.19 bits per heavy atom. The van der Waals surface area contributed by atoms with Crippen LogP contribution in [-0.4, -0.2) is 17.9 Å². The first kappa shape index (κ1) is 14.3. The van der Waals surface area contributed by atoms with Gasteiger partial charge in [-0.3, -0.25) is 4.79 Å². The van der Waals surface area contributed by atoms with Gasteiger partial charge in [-0.25, -0.2) is 4.79 Å². The maximum absolute atomic E-state index is 12.2. The first-order valence-corrected chi connectivity index (χ1v) is 7.86. The van der Waals surface area contributed by atoms with Crippen molar-refractivity contribution in [2.75, 3.05) is 0 Å². The van der Waals surface area contributed by atoms with Crippen molar-refractivity contribution in [1.82, 2.24) is 0 Å². The fourth-order valence-corrected chi connectivity index (χ4v) is 4.05. The summed E-state index contributed by atoms with van der Waals surface area (Å²) in [6.07, 6.45) is 2.37. The number of carbonyl (C=O) groups excluding carboxylic acids is 2. The van der Waals surface area contributed by atoms with Gasteiger partial charge in [-0.2, -0.15) is 0 Å². The van der Waals surface area contributed by atoms with E-state index in [1.807, 2.05) is 18.2 Å². The fraction of sp³-hybridized carbons (Fsp3) is 0.556. The Hall–Kier alpha value is -1.64. The second-order valence-electron chi connectivity index (χ2n) is 6.58. The highest BCUT2D eigenvalue weighted by molar-refractivity contribution is 5.89. The molecular weight excluding hydrogens is 264 g/mol. The smallest absolute Gasteiger partial charge is 0.338 e. The third-order valence-electron chi connectivity index (χ3n) is 5.34. The summed E-state index contributed by atoms with van der Waals surface area (Å²) in [7, 11) is 0. The van der Waals surface area contributed by atoms with Crippen LogP contribution in [-0.2, 0) is 9.53 Å². The molecule has 0 saturated heterocycles. The van der Waals surface area contributed by atoms with Gasteiger partial charge < -0.3 is 4.74 Å². The summed E-state index contributed by atoms with van der Waals surface area (Å²) >= 11 is 0. The lowest BCUT2D eigenvalue weighted by Crippen LogP contribution is -2.33. The predicted molar refractivity (Wildman–Crippen MR) is 79.8 cm³/mol. The molecule has 0 unspecified atom stereocenters. The normalized spacial score (nSPS) is 35.3. The van der Waals surface area contributed by atoms with Crippen LogP contribution in [0.1, 0.15) is 43.5 Å². The summed E-state index contributed by atoms with van der Waals surface area (Å²) in [6.45, 7) is 4.28. The zero-order valence-corrected chi connectivity index (χ0v) is 12.6. The lowest BCUT2D eigenvalue weighted by molar-refractivity contribution is -0.128. The van der Waals surface area contributed by atoms with E-state index in [9.17, 15) is 9.59 Å². The number of benzene rings is 1. The predicted octanol–water partition coefficient (Wildman–Crippen LogP) is 3.48. The van der Waals surface area contributed by atoms with Crippen molar-refractivity contribution in [3.05, 3.63) is 35.9 Å². The van der Waals surface area contributed by atoms with Crippen LogP contribution in [0.3, 0.4) is 0 Å². The zero-order chi connectivity index (χ0) is 15.0. The van der Waals surface area contributed by atoms with E-state index in [0.29, 0.717) is 29.6 Å². The average Bonchev–Trinajstić information content (AvgIpc) is 2.82. The van der Waals surface area contributed by atoms with Crippen LogP contribution >= 0.6 is 0 Å². The first-order chi connectivity index (χ1) is 10.1. The van der Waals surface area contributed by atoms with Crippen molar-refractivity contribution in [2.45, 2.75) is 39.2 Å². The van der Waals surface area contributed by atoms with Gasteiger partial charge in [0.2, 0.25) is 0 Å². The van der Waals surface area contributed by atoms with E-state index in [1.165, 1.54) is 0 Å². The molecule has 0 aliphatic heterocycles. The van der Waals surface area contributed by atoms with E-state index >= 15 is 0 Å². The average molecular weight is 286 g/mol. The molecule has 3 nitrogen and oxygen atoms in total. The van der Waals surface area contributed by atoms with Gasteiger partial charge >= 0.3 is 5.97 Å². The van der Waals surface area contributed by atoms with Gasteiger partial charge in [-0.15, -0.1) is 0 Å². The number of carbonyl (C=O) groups is 2. The van der Waals surface area contributed by atoms with Gasteiger partial charge in [-0.1, -0.05) is 32.0 Å². The van der Waals surface area contributed by atoms with Crippen molar-refractivity contribution in [1.29, 1.82) is 0 Å². The molecule has 2 aliphatic carbocycles. The van der Waals surface area contributed by atoms with Gasteiger partial charge in [-0.05, 0) is 36.8 Å². The number of esters is 1. The van der Waals surface area contributed by atoms with E-state index in [0.717, 1.165) is 12.8 Å². The summed E-state index contributed by atoms with van der Waals surface area (Å²) in [5, 5.41) is 0. The molecule has 0 aromatic heterocycles. The Balaban J connectivity index is 1.73. The molecule has 0 bridgehead atoms. The molecule has 2 saturated carbocycles. The molecule has 3 rings (SSSR count). The summed E-state index contributed by atoms with van der Waals surface area (Å²) in [5.41, 5.74) is 0.582. The molecule has 2 aliphatic rings. The summed E-state index contributed by atoms with van der Waals surface area (Å²) in [4.78, 5) is 24.4. The van der Waals surface area contributed by atoms with Gasteiger partial charge in [0.25, 0.3) is 0 Å². The zero-order valence-electron chi connectivity index (χ0n) is 12.6. The topological polar surface area (TPSA) is 43.4 Å². The van der Waals surface area contributed by atoms with Crippen molar-refractivity contribution in [3.8, 4) is 0 Å². The molecule has 0 amide bonds. The minimum Gasteiger partial charge on any atom is -0.458 e. The number of hydrogen-bond acceptors (Lipinski definition) is 3. The highest BCUT2D eigenvalue weighted by Gasteiger charge is 2.49. The highest BCUT2D eigenvalue weighted by Crippen LogP contribution is 2.47. The highest BCUT2D eigenvalue weighted by atomic mass is 16.5. The number of rotatable bonds is 2. The van der Waals surface area contributed by atoms with Crippen molar-refractivity contribution in [3.63, 3.8) is 0 Å². The lowest BCUT2D eigenvalue weighted by atomic mass is 9.72. The van der Waals surface area contributed by atoms with Gasteiger partial charge in [0.1, 0.15) is 11.9 Å². The molecule has 0 N–H and O–H groups in total. The van der Waals surface area contributed by atoms with Gasteiger partial charge in [0.05, 0.1) is 5.56 Å². The molecule has 0 spiro atoms. The van der Waals surface area contributed by atoms with Crippen LogP contribution < -0.4 is 0 Å². The van der Waals surface area contributed by atoms with Crippen LogP contribution in [0.4, 0.5) is 0 Å². The molecule has 21 heavy (non-hydrogen) atoms. The number of Topliss-reactive ketones (excluding diaryl/α,β-unsaturated/α-hetero) is 1. The monoisotopic (exact) mass is 286 g/mol. The van der Waals surface area contributed by atoms with E-state index < -0.39 is 0 Å². The van der Waals surface area contributed by atoms with E-state index in [4.69, 9.17) is 4.74 Å². The summed E-state index contributed by atoms with van der Waals surface area (Å²) in [5.74, 6) is 1.25. The van der Waals surface area contributed by atoms with E-state index in [1.54, 1.807) is 12.1 Å². The summed E-state index contributed by atoms with van der Waals surface area (Å²) < 4.78 is 5.71. The van der Waals surface area contributed by atoms with E-state index in [-0.39, 0.29) is 23.9 Å². The lowest BCUT2D eigenvalue weighted by Gasteiger charge is -2.31. The minimum absolute atomic E-state index is 0.0855.